The number of para-hydroxylation sites is 1. The molecule has 6 rings (SSSR count). The maximum Gasteiger partial charge on any atom is 0.268 e. The monoisotopic (exact) mass is 462 g/mol. The first-order valence-corrected chi connectivity index (χ1v) is 12.9. The Hall–Kier alpha value is -2.90. The van der Waals surface area contributed by atoms with E-state index in [9.17, 15) is 13.2 Å². The molecule has 1 aliphatic heterocycles. The second kappa shape index (κ2) is 7.30. The topological polar surface area (TPSA) is 68.6 Å². The molecular formula is C26H26N2O4S. The number of rotatable bonds is 3. The van der Waals surface area contributed by atoms with Crippen molar-refractivity contribution >= 4 is 26.8 Å². The number of nitrogens with zero attached hydrogens (tertiary/aromatic N) is 2. The Morgan fingerprint density at radius 1 is 1.06 bits per heavy atom. The zero-order valence-electron chi connectivity index (χ0n) is 18.5. The summed E-state index contributed by atoms with van der Waals surface area (Å²) in [5, 5.41) is 0.951. The molecule has 2 heterocycles. The summed E-state index contributed by atoms with van der Waals surface area (Å²) in [5.41, 5.74) is 2.76. The third-order valence-corrected chi connectivity index (χ3v) is 9.10. The van der Waals surface area contributed by atoms with Crippen LogP contribution >= 0.6 is 0 Å². The van der Waals surface area contributed by atoms with Gasteiger partial charge >= 0.3 is 0 Å². The van der Waals surface area contributed by atoms with E-state index < -0.39 is 15.4 Å². The fourth-order valence-corrected chi connectivity index (χ4v) is 7.29. The second-order valence-corrected chi connectivity index (χ2v) is 11.2. The van der Waals surface area contributed by atoms with E-state index in [1.807, 2.05) is 54.3 Å². The van der Waals surface area contributed by atoms with Crippen LogP contribution in [-0.2, 0) is 26.0 Å². The summed E-state index contributed by atoms with van der Waals surface area (Å²) in [4.78, 5) is 15.8. The number of aromatic nitrogens is 1. The van der Waals surface area contributed by atoms with E-state index in [2.05, 4.69) is 6.08 Å². The van der Waals surface area contributed by atoms with Crippen molar-refractivity contribution in [1.29, 1.82) is 0 Å². The number of carbonyl (C=O) groups is 1. The molecule has 0 saturated carbocycles. The molecule has 7 heteroatoms. The summed E-state index contributed by atoms with van der Waals surface area (Å²) in [6.07, 6.45) is 5.21. The molecule has 1 unspecified atom stereocenters. The van der Waals surface area contributed by atoms with E-state index in [1.54, 1.807) is 12.1 Å². The number of hydrogen-bond acceptors (Lipinski definition) is 4. The van der Waals surface area contributed by atoms with Gasteiger partial charge in [-0.2, -0.15) is 0 Å². The number of allylic oxidation sites excluding steroid dienone is 1. The fraction of sp³-hybridized carbons (Fsp3) is 0.346. The highest BCUT2D eigenvalue weighted by Crippen LogP contribution is 2.53. The highest BCUT2D eigenvalue weighted by atomic mass is 32.2. The van der Waals surface area contributed by atoms with Crippen LogP contribution in [0.1, 0.15) is 29.2 Å². The van der Waals surface area contributed by atoms with Gasteiger partial charge in [0.1, 0.15) is 0 Å². The van der Waals surface area contributed by atoms with Gasteiger partial charge in [0.15, 0.2) is 0 Å². The van der Waals surface area contributed by atoms with Crippen LogP contribution in [0, 0.1) is 12.3 Å². The minimum absolute atomic E-state index is 0.0260. The second-order valence-electron chi connectivity index (χ2n) is 9.37. The SMILES string of the molecule is Cc1ccc(S(=O)(=O)n2c3c(c4ccccc42)C2C=C[C@](C(=O)N4CCOCC4)(C3)C2)cc1. The van der Waals surface area contributed by atoms with Crippen LogP contribution in [0.15, 0.2) is 65.6 Å². The third-order valence-electron chi connectivity index (χ3n) is 7.34. The number of hydrogen-bond donors (Lipinski definition) is 0. The van der Waals surface area contributed by atoms with Crippen molar-refractivity contribution in [2.24, 2.45) is 5.41 Å². The molecule has 1 amide bonds. The molecule has 1 fully saturated rings. The third kappa shape index (κ3) is 3.02. The minimum atomic E-state index is -3.83. The first-order chi connectivity index (χ1) is 15.9. The van der Waals surface area contributed by atoms with E-state index in [0.717, 1.165) is 22.2 Å². The van der Waals surface area contributed by atoms with Gasteiger partial charge in [-0.1, -0.05) is 48.0 Å². The standard InChI is InChI=1S/C26H26N2O4S/c1-18-6-8-20(9-7-18)33(30,31)28-22-5-3-2-4-21(22)24-19-10-11-26(16-19,17-23(24)28)25(29)27-12-14-32-15-13-27/h2-11,19H,12-17H2,1H3/t19?,26-/m1/s1. The van der Waals surface area contributed by atoms with Crippen LogP contribution in [0.2, 0.25) is 0 Å². The van der Waals surface area contributed by atoms with E-state index in [1.165, 1.54) is 3.97 Å². The summed E-state index contributed by atoms with van der Waals surface area (Å²) in [6.45, 7) is 4.19. The molecule has 0 spiro atoms. The number of fused-ring (bicyclic) bond motifs is 6. The minimum Gasteiger partial charge on any atom is -0.378 e. The van der Waals surface area contributed by atoms with Crippen LogP contribution in [0.4, 0.5) is 0 Å². The van der Waals surface area contributed by atoms with E-state index in [4.69, 9.17) is 4.74 Å². The van der Waals surface area contributed by atoms with Gasteiger partial charge in [0, 0.05) is 36.5 Å². The van der Waals surface area contributed by atoms with Crippen molar-refractivity contribution in [1.82, 2.24) is 8.87 Å². The number of morpholine rings is 1. The van der Waals surface area contributed by atoms with Crippen LogP contribution < -0.4 is 0 Å². The maximum atomic E-state index is 13.9. The van der Waals surface area contributed by atoms with Crippen molar-refractivity contribution in [3.8, 4) is 0 Å². The Morgan fingerprint density at radius 3 is 2.55 bits per heavy atom. The maximum absolute atomic E-state index is 13.9. The molecule has 170 valence electrons. The summed E-state index contributed by atoms with van der Waals surface area (Å²) >= 11 is 0. The first kappa shape index (κ1) is 20.7. The average Bonchev–Trinajstić information content (AvgIpc) is 3.36. The molecule has 6 nitrogen and oxygen atoms in total. The molecule has 33 heavy (non-hydrogen) atoms. The molecule has 1 aromatic heterocycles. The predicted molar refractivity (Wildman–Crippen MR) is 126 cm³/mol. The molecule has 1 saturated heterocycles. The van der Waals surface area contributed by atoms with Gasteiger partial charge in [0.05, 0.1) is 29.0 Å². The van der Waals surface area contributed by atoms with Gasteiger partial charge in [-0.05, 0) is 37.1 Å². The van der Waals surface area contributed by atoms with Crippen molar-refractivity contribution in [2.75, 3.05) is 26.3 Å². The largest absolute Gasteiger partial charge is 0.378 e. The van der Waals surface area contributed by atoms with Gasteiger partial charge < -0.3 is 9.64 Å². The highest BCUT2D eigenvalue weighted by molar-refractivity contribution is 7.90. The quantitative estimate of drug-likeness (QED) is 0.558. The molecule has 3 aromatic rings. The zero-order chi connectivity index (χ0) is 22.8. The van der Waals surface area contributed by atoms with Gasteiger partial charge in [-0.15, -0.1) is 0 Å². The lowest BCUT2D eigenvalue weighted by Crippen LogP contribution is -2.49. The van der Waals surface area contributed by atoms with E-state index in [-0.39, 0.29) is 16.7 Å². The Morgan fingerprint density at radius 2 is 1.79 bits per heavy atom. The number of carbonyl (C=O) groups excluding carboxylic acids is 1. The summed E-state index contributed by atoms with van der Waals surface area (Å²) in [5.74, 6) is 0.109. The average molecular weight is 463 g/mol. The van der Waals surface area contributed by atoms with Gasteiger partial charge in [-0.25, -0.2) is 12.4 Å². The molecule has 3 aliphatic rings. The Bertz CT molecular complexity index is 1400. The molecule has 0 N–H and O–H groups in total. The molecule has 2 aromatic carbocycles. The van der Waals surface area contributed by atoms with Gasteiger partial charge in [0.25, 0.3) is 10.0 Å². The summed E-state index contributed by atoms with van der Waals surface area (Å²) in [6, 6.07) is 14.7. The molecule has 2 aliphatic carbocycles. The lowest BCUT2D eigenvalue weighted by atomic mass is 9.73. The lowest BCUT2D eigenvalue weighted by molar-refractivity contribution is -0.144. The smallest absolute Gasteiger partial charge is 0.268 e. The van der Waals surface area contributed by atoms with Crippen LogP contribution in [0.3, 0.4) is 0 Å². The molecule has 2 bridgehead atoms. The summed E-state index contributed by atoms with van der Waals surface area (Å²) in [7, 11) is -3.83. The van der Waals surface area contributed by atoms with Gasteiger partial charge in [0.2, 0.25) is 5.91 Å². The first-order valence-electron chi connectivity index (χ1n) is 11.4. The Balaban J connectivity index is 1.53. The number of amides is 1. The van der Waals surface area contributed by atoms with E-state index >= 15 is 0 Å². The number of aryl methyl sites for hydroxylation is 1. The number of ether oxygens (including phenoxy) is 1. The highest BCUT2D eigenvalue weighted by Gasteiger charge is 2.50. The van der Waals surface area contributed by atoms with Crippen molar-refractivity contribution in [2.45, 2.75) is 30.6 Å². The van der Waals surface area contributed by atoms with Crippen molar-refractivity contribution in [3.05, 3.63) is 77.5 Å². The Labute approximate surface area is 193 Å². The lowest BCUT2D eigenvalue weighted by Gasteiger charge is -2.38. The molecular weight excluding hydrogens is 436 g/mol. The van der Waals surface area contributed by atoms with Gasteiger partial charge in [-0.3, -0.25) is 4.79 Å². The van der Waals surface area contributed by atoms with Crippen LogP contribution in [-0.4, -0.2) is 49.5 Å². The zero-order valence-corrected chi connectivity index (χ0v) is 19.3. The Kier molecular flexibility index (Phi) is 4.58. The van der Waals surface area contributed by atoms with Crippen LogP contribution in [0.25, 0.3) is 10.9 Å². The van der Waals surface area contributed by atoms with E-state index in [0.29, 0.717) is 44.7 Å². The van der Waals surface area contributed by atoms with Crippen molar-refractivity contribution in [3.63, 3.8) is 0 Å². The van der Waals surface area contributed by atoms with Crippen molar-refractivity contribution < 1.29 is 17.9 Å². The number of benzene rings is 2. The molecule has 0 radical (unpaired) electrons. The normalized spacial score (nSPS) is 24.3. The summed E-state index contributed by atoms with van der Waals surface area (Å²) < 4.78 is 34.8. The predicted octanol–water partition coefficient (Wildman–Crippen LogP) is 3.63. The molecule has 2 atom stereocenters. The van der Waals surface area contributed by atoms with Crippen LogP contribution in [0.5, 0.6) is 0 Å². The fourth-order valence-electron chi connectivity index (χ4n) is 5.73.